The first kappa shape index (κ1) is 14.0. The number of aryl methyl sites for hydroxylation is 1. The first-order chi connectivity index (χ1) is 10.7. The van der Waals surface area contributed by atoms with Gasteiger partial charge in [-0.1, -0.05) is 24.3 Å². The topological polar surface area (TPSA) is 90.9 Å². The molecule has 1 aliphatic rings. The lowest BCUT2D eigenvalue weighted by Crippen LogP contribution is -2.31. The van der Waals surface area contributed by atoms with Gasteiger partial charge in [-0.25, -0.2) is 4.79 Å². The summed E-state index contributed by atoms with van der Waals surface area (Å²) in [5, 5.41) is 14.5. The summed E-state index contributed by atoms with van der Waals surface area (Å²) in [6.45, 7) is 0. The molecule has 1 atom stereocenters. The standard InChI is InChI=1S/C17H16N4O/c18-10-11-5-7-16(14(19)9-11)21-17(22)20-15-8-6-12-3-1-2-4-13(12)15/h1-5,7,9,15H,6,8,19H2,(H2,20,21,22)/t15-/m0/s1. The van der Waals surface area contributed by atoms with E-state index in [-0.39, 0.29) is 12.1 Å². The largest absolute Gasteiger partial charge is 0.397 e. The Morgan fingerprint density at radius 1 is 1.27 bits per heavy atom. The summed E-state index contributed by atoms with van der Waals surface area (Å²) >= 11 is 0. The minimum atomic E-state index is -0.293. The highest BCUT2D eigenvalue weighted by molar-refractivity contribution is 5.93. The number of benzene rings is 2. The van der Waals surface area contributed by atoms with Crippen LogP contribution in [-0.4, -0.2) is 6.03 Å². The second kappa shape index (κ2) is 5.78. The molecule has 22 heavy (non-hydrogen) atoms. The van der Waals surface area contributed by atoms with Crippen LogP contribution in [0.4, 0.5) is 16.2 Å². The molecule has 2 amide bonds. The molecule has 2 aromatic rings. The van der Waals surface area contributed by atoms with E-state index < -0.39 is 0 Å². The van der Waals surface area contributed by atoms with Gasteiger partial charge in [-0.15, -0.1) is 0 Å². The highest BCUT2D eigenvalue weighted by atomic mass is 16.2. The minimum Gasteiger partial charge on any atom is -0.397 e. The van der Waals surface area contributed by atoms with Crippen LogP contribution in [-0.2, 0) is 6.42 Å². The highest BCUT2D eigenvalue weighted by Gasteiger charge is 2.23. The van der Waals surface area contributed by atoms with Gasteiger partial charge in [0.05, 0.1) is 29.0 Å². The normalized spacial score (nSPS) is 15.7. The molecule has 3 rings (SSSR count). The van der Waals surface area contributed by atoms with E-state index in [0.29, 0.717) is 16.9 Å². The molecule has 2 aromatic carbocycles. The highest BCUT2D eigenvalue weighted by Crippen LogP contribution is 2.30. The van der Waals surface area contributed by atoms with Crippen LogP contribution in [0.2, 0.25) is 0 Å². The van der Waals surface area contributed by atoms with E-state index in [2.05, 4.69) is 16.7 Å². The van der Waals surface area contributed by atoms with Gasteiger partial charge in [0.25, 0.3) is 0 Å². The summed E-state index contributed by atoms with van der Waals surface area (Å²) < 4.78 is 0. The fourth-order valence-electron chi connectivity index (χ4n) is 2.77. The van der Waals surface area contributed by atoms with Crippen molar-refractivity contribution in [1.29, 1.82) is 5.26 Å². The number of nitrogen functional groups attached to an aromatic ring is 1. The second-order valence-corrected chi connectivity index (χ2v) is 5.30. The lowest BCUT2D eigenvalue weighted by Gasteiger charge is -2.15. The number of nitrogens with one attached hydrogen (secondary N) is 2. The molecular weight excluding hydrogens is 276 g/mol. The van der Waals surface area contributed by atoms with E-state index in [1.165, 1.54) is 11.1 Å². The first-order valence-corrected chi connectivity index (χ1v) is 7.12. The number of hydrogen-bond acceptors (Lipinski definition) is 3. The summed E-state index contributed by atoms with van der Waals surface area (Å²) in [5.41, 5.74) is 9.64. The van der Waals surface area contributed by atoms with Crippen LogP contribution < -0.4 is 16.4 Å². The molecule has 0 saturated heterocycles. The Hall–Kier alpha value is -3.00. The quantitative estimate of drug-likeness (QED) is 0.743. The van der Waals surface area contributed by atoms with E-state index >= 15 is 0 Å². The van der Waals surface area contributed by atoms with Gasteiger partial charge in [0, 0.05) is 0 Å². The van der Waals surface area contributed by atoms with Crippen LogP contribution in [0.1, 0.15) is 29.2 Å². The molecule has 0 aromatic heterocycles. The van der Waals surface area contributed by atoms with Crippen molar-refractivity contribution in [2.75, 3.05) is 11.1 Å². The number of nitrogens with zero attached hydrogens (tertiary/aromatic N) is 1. The molecule has 1 aliphatic carbocycles. The monoisotopic (exact) mass is 292 g/mol. The number of nitriles is 1. The maximum Gasteiger partial charge on any atom is 0.319 e. The van der Waals surface area contributed by atoms with E-state index in [0.717, 1.165) is 12.8 Å². The molecule has 0 spiro atoms. The molecule has 0 heterocycles. The van der Waals surface area contributed by atoms with Crippen LogP contribution in [0.15, 0.2) is 42.5 Å². The molecule has 0 unspecified atom stereocenters. The molecule has 0 radical (unpaired) electrons. The Kier molecular flexibility index (Phi) is 3.67. The SMILES string of the molecule is N#Cc1ccc(NC(=O)N[C@H]2CCc3ccccc32)c(N)c1. The van der Waals surface area contributed by atoms with Crippen molar-refractivity contribution in [2.24, 2.45) is 0 Å². The predicted molar refractivity (Wildman–Crippen MR) is 85.2 cm³/mol. The summed E-state index contributed by atoms with van der Waals surface area (Å²) in [4.78, 5) is 12.1. The predicted octanol–water partition coefficient (Wildman–Crippen LogP) is 2.95. The molecular formula is C17H16N4O. The Morgan fingerprint density at radius 3 is 2.86 bits per heavy atom. The average molecular weight is 292 g/mol. The number of amides is 2. The zero-order valence-electron chi connectivity index (χ0n) is 12.0. The Balaban J connectivity index is 1.68. The van der Waals surface area contributed by atoms with Crippen LogP contribution >= 0.6 is 0 Å². The molecule has 0 saturated carbocycles. The Bertz CT molecular complexity index is 763. The molecule has 110 valence electrons. The molecule has 0 fully saturated rings. The second-order valence-electron chi connectivity index (χ2n) is 5.30. The number of carbonyl (C=O) groups excluding carboxylic acids is 1. The van der Waals surface area contributed by atoms with Gasteiger partial charge in [0.15, 0.2) is 0 Å². The lowest BCUT2D eigenvalue weighted by atomic mass is 10.1. The first-order valence-electron chi connectivity index (χ1n) is 7.12. The van der Waals surface area contributed by atoms with Gasteiger partial charge >= 0.3 is 6.03 Å². The van der Waals surface area contributed by atoms with Gasteiger partial charge in [0.2, 0.25) is 0 Å². The van der Waals surface area contributed by atoms with Gasteiger partial charge < -0.3 is 16.4 Å². The van der Waals surface area contributed by atoms with Gasteiger partial charge in [0.1, 0.15) is 0 Å². The van der Waals surface area contributed by atoms with Crippen LogP contribution in [0.3, 0.4) is 0 Å². The molecule has 4 N–H and O–H groups in total. The molecule has 0 aliphatic heterocycles. The molecule has 5 heteroatoms. The van der Waals surface area contributed by atoms with Crippen LogP contribution in [0.5, 0.6) is 0 Å². The maximum atomic E-state index is 12.1. The van der Waals surface area contributed by atoms with E-state index in [4.69, 9.17) is 11.0 Å². The Labute approximate surface area is 128 Å². The smallest absolute Gasteiger partial charge is 0.319 e. The zero-order chi connectivity index (χ0) is 15.5. The number of nitrogens with two attached hydrogens (primary N) is 1. The van der Waals surface area contributed by atoms with Crippen molar-refractivity contribution in [3.63, 3.8) is 0 Å². The van der Waals surface area contributed by atoms with Crippen LogP contribution in [0, 0.1) is 11.3 Å². The van der Waals surface area contributed by atoms with E-state index in [1.807, 2.05) is 24.3 Å². The van der Waals surface area contributed by atoms with Crippen molar-refractivity contribution in [3.05, 3.63) is 59.2 Å². The van der Waals surface area contributed by atoms with Crippen LogP contribution in [0.25, 0.3) is 0 Å². The number of hydrogen-bond donors (Lipinski definition) is 3. The maximum absolute atomic E-state index is 12.1. The van der Waals surface area contributed by atoms with Crippen molar-refractivity contribution in [1.82, 2.24) is 5.32 Å². The number of carbonyl (C=O) groups is 1. The van der Waals surface area contributed by atoms with E-state index in [1.54, 1.807) is 18.2 Å². The summed E-state index contributed by atoms with van der Waals surface area (Å²) in [7, 11) is 0. The molecule has 5 nitrogen and oxygen atoms in total. The van der Waals surface area contributed by atoms with Crippen molar-refractivity contribution in [2.45, 2.75) is 18.9 Å². The summed E-state index contributed by atoms with van der Waals surface area (Å²) in [6, 6.07) is 14.7. The number of fused-ring (bicyclic) bond motifs is 1. The lowest BCUT2D eigenvalue weighted by molar-refractivity contribution is 0.248. The van der Waals surface area contributed by atoms with Crippen molar-refractivity contribution in [3.8, 4) is 6.07 Å². The minimum absolute atomic E-state index is 0.0239. The third-order valence-electron chi connectivity index (χ3n) is 3.87. The fraction of sp³-hybridized carbons (Fsp3) is 0.176. The third-order valence-corrected chi connectivity index (χ3v) is 3.87. The van der Waals surface area contributed by atoms with E-state index in [9.17, 15) is 4.79 Å². The van der Waals surface area contributed by atoms with Gasteiger partial charge in [-0.2, -0.15) is 5.26 Å². The fourth-order valence-corrected chi connectivity index (χ4v) is 2.77. The van der Waals surface area contributed by atoms with Crippen molar-refractivity contribution < 1.29 is 4.79 Å². The summed E-state index contributed by atoms with van der Waals surface area (Å²) in [6.07, 6.45) is 1.87. The van der Waals surface area contributed by atoms with Gasteiger partial charge in [-0.3, -0.25) is 0 Å². The number of urea groups is 1. The molecule has 0 bridgehead atoms. The number of anilines is 2. The summed E-state index contributed by atoms with van der Waals surface area (Å²) in [5.74, 6) is 0. The number of rotatable bonds is 2. The zero-order valence-corrected chi connectivity index (χ0v) is 12.0. The Morgan fingerprint density at radius 2 is 2.09 bits per heavy atom. The van der Waals surface area contributed by atoms with Crippen molar-refractivity contribution >= 4 is 17.4 Å². The van der Waals surface area contributed by atoms with Gasteiger partial charge in [-0.05, 0) is 42.2 Å². The average Bonchev–Trinajstić information content (AvgIpc) is 2.92. The third kappa shape index (κ3) is 2.72.